The summed E-state index contributed by atoms with van der Waals surface area (Å²) in [4.78, 5) is 28.7. The number of likely N-dealkylation sites (tertiary alicyclic amines) is 1. The zero-order valence-electron chi connectivity index (χ0n) is 26.9. The number of nitrogens with one attached hydrogen (secondary N) is 1. The topological polar surface area (TPSA) is 73.8 Å². The van der Waals surface area contributed by atoms with E-state index in [2.05, 4.69) is 25.0 Å². The van der Waals surface area contributed by atoms with E-state index in [1.54, 1.807) is 18.5 Å². The summed E-state index contributed by atoms with van der Waals surface area (Å²) in [6, 6.07) is 15.7. The van der Waals surface area contributed by atoms with E-state index in [0.29, 0.717) is 6.04 Å². The van der Waals surface area contributed by atoms with Crippen LogP contribution in [0, 0.1) is 11.7 Å². The predicted molar refractivity (Wildman–Crippen MR) is 177 cm³/mol. The number of carbonyl (C=O) groups excluding carboxylic acids is 1. The number of hydrogen-bond acceptors (Lipinski definition) is 7. The molecule has 9 heteroatoms. The molecule has 2 fully saturated rings. The number of hydrogen-bond donors (Lipinski definition) is 1. The van der Waals surface area contributed by atoms with E-state index in [1.165, 1.54) is 6.42 Å². The molecule has 0 spiro atoms. The van der Waals surface area contributed by atoms with Crippen molar-refractivity contribution < 1.29 is 13.9 Å². The molecule has 3 aromatic rings. The van der Waals surface area contributed by atoms with Gasteiger partial charge in [0.05, 0.1) is 6.20 Å². The van der Waals surface area contributed by atoms with Crippen molar-refractivity contribution in [2.75, 3.05) is 42.5 Å². The van der Waals surface area contributed by atoms with Crippen molar-refractivity contribution in [2.24, 2.45) is 5.92 Å². The highest BCUT2D eigenvalue weighted by Crippen LogP contribution is 2.42. The van der Waals surface area contributed by atoms with Crippen LogP contribution >= 0.6 is 0 Å². The summed E-state index contributed by atoms with van der Waals surface area (Å²) in [6.45, 7) is 10.7. The summed E-state index contributed by atoms with van der Waals surface area (Å²) < 4.78 is 19.9. The van der Waals surface area contributed by atoms with Gasteiger partial charge in [0, 0.05) is 49.5 Å². The van der Waals surface area contributed by atoms with E-state index in [0.717, 1.165) is 105 Å². The average molecular weight is 615 g/mol. The molecule has 1 saturated heterocycles. The van der Waals surface area contributed by atoms with E-state index >= 15 is 0 Å². The van der Waals surface area contributed by atoms with Crippen molar-refractivity contribution in [3.63, 3.8) is 0 Å². The van der Waals surface area contributed by atoms with Gasteiger partial charge < -0.3 is 24.8 Å². The maximum absolute atomic E-state index is 14.4. The number of anilines is 3. The Labute approximate surface area is 267 Å². The number of ether oxygens (including phenoxy) is 1. The fraction of sp³-hybridized carbons (Fsp3) is 0.528. The Hall–Kier alpha value is -3.72. The van der Waals surface area contributed by atoms with Gasteiger partial charge in [0.2, 0.25) is 0 Å². The van der Waals surface area contributed by atoms with Gasteiger partial charge in [-0.05, 0) is 102 Å². The lowest BCUT2D eigenvalue weighted by molar-refractivity contribution is 0.0485. The van der Waals surface area contributed by atoms with Crippen molar-refractivity contribution in [2.45, 2.75) is 83.4 Å². The molecule has 1 saturated carbocycles. The molecule has 0 unspecified atom stereocenters. The molecular formula is C36H47FN6O2. The van der Waals surface area contributed by atoms with E-state index in [1.807, 2.05) is 63.4 Å². The summed E-state index contributed by atoms with van der Waals surface area (Å²) in [5.41, 5.74) is 3.36. The number of amides is 1. The van der Waals surface area contributed by atoms with Gasteiger partial charge in [0.25, 0.3) is 0 Å². The van der Waals surface area contributed by atoms with Crippen molar-refractivity contribution in [1.82, 2.24) is 20.2 Å². The molecule has 240 valence electrons. The lowest BCUT2D eigenvalue weighted by Gasteiger charge is -2.44. The first kappa shape index (κ1) is 31.3. The van der Waals surface area contributed by atoms with Crippen LogP contribution in [-0.2, 0) is 4.74 Å². The molecule has 0 radical (unpaired) electrons. The minimum atomic E-state index is -0.462. The van der Waals surface area contributed by atoms with Gasteiger partial charge in [-0.3, -0.25) is 0 Å². The van der Waals surface area contributed by atoms with E-state index in [-0.39, 0.29) is 18.0 Å². The van der Waals surface area contributed by atoms with Gasteiger partial charge in [-0.1, -0.05) is 30.3 Å². The van der Waals surface area contributed by atoms with Gasteiger partial charge >= 0.3 is 6.09 Å². The molecule has 0 bridgehead atoms. The fourth-order valence-electron chi connectivity index (χ4n) is 7.25. The average Bonchev–Trinajstić information content (AvgIpc) is 3.04. The van der Waals surface area contributed by atoms with Crippen LogP contribution in [-0.4, -0.2) is 71.4 Å². The molecule has 2 aliphatic heterocycles. The molecule has 1 aliphatic carbocycles. The second-order valence-electron chi connectivity index (χ2n) is 13.8. The van der Waals surface area contributed by atoms with Crippen LogP contribution in [0.4, 0.5) is 26.4 Å². The van der Waals surface area contributed by atoms with E-state index in [9.17, 15) is 9.18 Å². The smallest absolute Gasteiger partial charge is 0.407 e. The van der Waals surface area contributed by atoms with Gasteiger partial charge in [-0.2, -0.15) is 0 Å². The van der Waals surface area contributed by atoms with Crippen LogP contribution in [0.25, 0.3) is 11.1 Å². The van der Waals surface area contributed by atoms with Gasteiger partial charge in [0.1, 0.15) is 23.4 Å². The van der Waals surface area contributed by atoms with Crippen LogP contribution in [0.15, 0.2) is 61.1 Å². The van der Waals surface area contributed by atoms with Crippen LogP contribution < -0.4 is 15.1 Å². The molecule has 1 N–H and O–H groups in total. The zero-order valence-corrected chi connectivity index (χ0v) is 26.9. The molecule has 3 aliphatic rings. The fourth-order valence-corrected chi connectivity index (χ4v) is 7.25. The Morgan fingerprint density at radius 3 is 2.44 bits per heavy atom. The third-order valence-electron chi connectivity index (χ3n) is 9.55. The molecule has 0 atom stereocenters. The summed E-state index contributed by atoms with van der Waals surface area (Å²) in [6.07, 6.45) is 11.1. The van der Waals surface area contributed by atoms with E-state index < -0.39 is 5.60 Å². The Bertz CT molecular complexity index is 1430. The standard InChI is InChI=1S/C36H47FN6O2/c1-36(2,3)45-35(44)40-29-12-9-26(10-13-29)15-18-41-19-16-30(17-20-41)42-21-22-43(33-24-38-25-39-34(33)42)32-14-11-28(37)23-31(32)27-7-5-4-6-8-27/h4-8,11,14,23-26,29-30H,9-10,12-13,15-22H2,1-3H3,(H,40,44). The quantitative estimate of drug-likeness (QED) is 0.302. The van der Waals surface area contributed by atoms with Crippen LogP contribution in [0.3, 0.4) is 0 Å². The first-order valence-electron chi connectivity index (χ1n) is 16.6. The van der Waals surface area contributed by atoms with Crippen molar-refractivity contribution in [3.05, 3.63) is 66.9 Å². The minimum absolute atomic E-state index is 0.229. The number of nitrogens with zero attached hydrogens (tertiary/aromatic N) is 5. The number of halogens is 1. The maximum Gasteiger partial charge on any atom is 0.407 e. The molecule has 6 rings (SSSR count). The summed E-state index contributed by atoms with van der Waals surface area (Å²) in [7, 11) is 0. The summed E-state index contributed by atoms with van der Waals surface area (Å²) in [5.74, 6) is 1.45. The van der Waals surface area contributed by atoms with Crippen molar-refractivity contribution >= 4 is 23.3 Å². The van der Waals surface area contributed by atoms with Crippen molar-refractivity contribution in [3.8, 4) is 11.1 Å². The third kappa shape index (κ3) is 7.75. The van der Waals surface area contributed by atoms with Crippen LogP contribution in [0.2, 0.25) is 0 Å². The minimum Gasteiger partial charge on any atom is -0.444 e. The molecule has 1 amide bonds. The second-order valence-corrected chi connectivity index (χ2v) is 13.8. The van der Waals surface area contributed by atoms with Gasteiger partial charge in [0.15, 0.2) is 5.82 Å². The SMILES string of the molecule is CC(C)(C)OC(=O)NC1CCC(CCN2CCC(N3CCN(c4ccc(F)cc4-c4ccccc4)c4cncnc43)CC2)CC1. The number of carbonyl (C=O) groups is 1. The Morgan fingerprint density at radius 2 is 1.71 bits per heavy atom. The second kappa shape index (κ2) is 13.7. The molecule has 2 aromatic carbocycles. The van der Waals surface area contributed by atoms with Crippen LogP contribution in [0.5, 0.6) is 0 Å². The maximum atomic E-state index is 14.4. The molecule has 8 nitrogen and oxygen atoms in total. The number of benzene rings is 2. The number of alkyl carbamates (subject to hydrolysis) is 1. The number of piperidine rings is 1. The Balaban J connectivity index is 1.02. The number of fused-ring (bicyclic) bond motifs is 1. The Morgan fingerprint density at radius 1 is 0.956 bits per heavy atom. The zero-order chi connectivity index (χ0) is 31.4. The highest BCUT2D eigenvalue weighted by atomic mass is 19.1. The predicted octanol–water partition coefficient (Wildman–Crippen LogP) is 7.18. The van der Waals surface area contributed by atoms with E-state index in [4.69, 9.17) is 9.72 Å². The summed E-state index contributed by atoms with van der Waals surface area (Å²) in [5, 5.41) is 3.07. The van der Waals surface area contributed by atoms with Gasteiger partial charge in [-0.25, -0.2) is 19.2 Å². The molecule has 3 heterocycles. The number of rotatable bonds is 7. The molecular weight excluding hydrogens is 567 g/mol. The van der Waals surface area contributed by atoms with Gasteiger partial charge in [-0.15, -0.1) is 0 Å². The highest BCUT2D eigenvalue weighted by Gasteiger charge is 2.33. The van der Waals surface area contributed by atoms with Crippen LogP contribution in [0.1, 0.15) is 65.7 Å². The first-order chi connectivity index (χ1) is 21.7. The normalized spacial score (nSPS) is 21.3. The monoisotopic (exact) mass is 614 g/mol. The Kier molecular flexibility index (Phi) is 9.54. The summed E-state index contributed by atoms with van der Waals surface area (Å²) >= 11 is 0. The lowest BCUT2D eigenvalue weighted by atomic mass is 9.84. The highest BCUT2D eigenvalue weighted by molar-refractivity contribution is 5.86. The molecule has 1 aromatic heterocycles. The van der Waals surface area contributed by atoms with Crippen molar-refractivity contribution in [1.29, 1.82) is 0 Å². The number of aromatic nitrogens is 2. The molecule has 45 heavy (non-hydrogen) atoms. The lowest BCUT2D eigenvalue weighted by Crippen LogP contribution is -2.50. The third-order valence-corrected chi connectivity index (χ3v) is 9.55. The largest absolute Gasteiger partial charge is 0.444 e. The first-order valence-corrected chi connectivity index (χ1v) is 16.6.